The van der Waals surface area contributed by atoms with Crippen LogP contribution in [-0.4, -0.2) is 35.2 Å². The van der Waals surface area contributed by atoms with Crippen molar-refractivity contribution in [3.63, 3.8) is 0 Å². The van der Waals surface area contributed by atoms with Crippen molar-refractivity contribution in [2.75, 3.05) is 18.4 Å². The molecule has 0 bridgehead atoms. The molecular weight excluding hydrogens is 419 g/mol. The number of benzene rings is 1. The third-order valence-corrected chi connectivity index (χ3v) is 3.25. The van der Waals surface area contributed by atoms with Crippen LogP contribution in [0.25, 0.3) is 0 Å². The molecule has 0 spiro atoms. The van der Waals surface area contributed by atoms with Gasteiger partial charge >= 0.3 is 0 Å². The number of aromatic nitrogens is 2. The highest BCUT2D eigenvalue weighted by molar-refractivity contribution is 14.0. The number of aliphatic imine (C=N–C) groups is 1. The Labute approximate surface area is 158 Å². The first-order chi connectivity index (χ1) is 11.1. The van der Waals surface area contributed by atoms with Gasteiger partial charge in [-0.1, -0.05) is 26.0 Å². The molecule has 0 aliphatic carbocycles. The van der Waals surface area contributed by atoms with Crippen LogP contribution in [0.2, 0.25) is 0 Å². The Morgan fingerprint density at radius 2 is 2.17 bits per heavy atom. The van der Waals surface area contributed by atoms with Crippen molar-refractivity contribution in [2.45, 2.75) is 19.8 Å². The molecule has 0 aliphatic rings. The lowest BCUT2D eigenvalue weighted by Gasteiger charge is -2.10. The SMILES string of the molecule is CC(C)c1cccc(NC(N)=NCCNC(=O)c2ccn[nH]2)c1.I. The second-order valence-corrected chi connectivity index (χ2v) is 5.40. The summed E-state index contributed by atoms with van der Waals surface area (Å²) in [4.78, 5) is 15.9. The topological polar surface area (TPSA) is 108 Å². The second kappa shape index (κ2) is 9.91. The Morgan fingerprint density at radius 3 is 2.83 bits per heavy atom. The van der Waals surface area contributed by atoms with Crippen LogP contribution >= 0.6 is 24.0 Å². The average Bonchev–Trinajstić information content (AvgIpc) is 3.06. The molecule has 2 rings (SSSR count). The Morgan fingerprint density at radius 1 is 1.38 bits per heavy atom. The summed E-state index contributed by atoms with van der Waals surface area (Å²) >= 11 is 0. The number of anilines is 1. The molecule has 7 nitrogen and oxygen atoms in total. The molecule has 0 radical (unpaired) electrons. The van der Waals surface area contributed by atoms with E-state index in [0.29, 0.717) is 30.7 Å². The van der Waals surface area contributed by atoms with E-state index < -0.39 is 0 Å². The number of aromatic amines is 1. The molecule has 0 fully saturated rings. The molecule has 0 aliphatic heterocycles. The summed E-state index contributed by atoms with van der Waals surface area (Å²) in [6.45, 7) is 5.06. The zero-order chi connectivity index (χ0) is 16.7. The maximum atomic E-state index is 11.7. The van der Waals surface area contributed by atoms with Crippen molar-refractivity contribution in [1.82, 2.24) is 15.5 Å². The lowest BCUT2D eigenvalue weighted by atomic mass is 10.0. The van der Waals surface area contributed by atoms with Gasteiger partial charge in [-0.2, -0.15) is 5.10 Å². The van der Waals surface area contributed by atoms with Gasteiger partial charge in [-0.3, -0.25) is 14.9 Å². The molecule has 0 atom stereocenters. The van der Waals surface area contributed by atoms with E-state index in [2.05, 4.69) is 45.7 Å². The number of guanidine groups is 1. The molecule has 1 amide bonds. The van der Waals surface area contributed by atoms with Crippen LogP contribution in [0.3, 0.4) is 0 Å². The number of nitrogens with zero attached hydrogens (tertiary/aromatic N) is 2. The van der Waals surface area contributed by atoms with Crippen LogP contribution in [0.5, 0.6) is 0 Å². The summed E-state index contributed by atoms with van der Waals surface area (Å²) in [5.74, 6) is 0.558. The number of halogens is 1. The summed E-state index contributed by atoms with van der Waals surface area (Å²) < 4.78 is 0. The molecular formula is C16H23IN6O. The third kappa shape index (κ3) is 6.19. The fourth-order valence-corrected chi connectivity index (χ4v) is 1.99. The van der Waals surface area contributed by atoms with Crippen molar-refractivity contribution in [1.29, 1.82) is 0 Å². The normalized spacial score (nSPS) is 11.0. The van der Waals surface area contributed by atoms with Crippen molar-refractivity contribution in [3.8, 4) is 0 Å². The van der Waals surface area contributed by atoms with Crippen LogP contribution in [-0.2, 0) is 0 Å². The summed E-state index contributed by atoms with van der Waals surface area (Å²) in [5, 5.41) is 12.1. The van der Waals surface area contributed by atoms with Crippen LogP contribution in [0, 0.1) is 0 Å². The first kappa shape index (κ1) is 19.9. The maximum absolute atomic E-state index is 11.7. The second-order valence-electron chi connectivity index (χ2n) is 5.40. The largest absolute Gasteiger partial charge is 0.370 e. The lowest BCUT2D eigenvalue weighted by molar-refractivity contribution is 0.0950. The quantitative estimate of drug-likeness (QED) is 0.238. The zero-order valence-corrected chi connectivity index (χ0v) is 16.1. The molecule has 130 valence electrons. The fraction of sp³-hybridized carbons (Fsp3) is 0.312. The van der Waals surface area contributed by atoms with E-state index in [4.69, 9.17) is 5.73 Å². The molecule has 0 saturated carbocycles. The van der Waals surface area contributed by atoms with E-state index in [9.17, 15) is 4.79 Å². The first-order valence-corrected chi connectivity index (χ1v) is 7.50. The van der Waals surface area contributed by atoms with E-state index >= 15 is 0 Å². The monoisotopic (exact) mass is 442 g/mol. The summed E-state index contributed by atoms with van der Waals surface area (Å²) in [5.41, 5.74) is 8.41. The smallest absolute Gasteiger partial charge is 0.269 e. The van der Waals surface area contributed by atoms with E-state index in [1.165, 1.54) is 11.8 Å². The molecule has 1 aromatic heterocycles. The van der Waals surface area contributed by atoms with Gasteiger partial charge in [0.2, 0.25) is 0 Å². The van der Waals surface area contributed by atoms with E-state index in [0.717, 1.165) is 5.69 Å². The van der Waals surface area contributed by atoms with Gasteiger partial charge in [0.15, 0.2) is 5.96 Å². The van der Waals surface area contributed by atoms with Crippen molar-refractivity contribution >= 4 is 41.5 Å². The molecule has 8 heteroatoms. The number of nitrogens with one attached hydrogen (secondary N) is 3. The maximum Gasteiger partial charge on any atom is 0.269 e. The minimum Gasteiger partial charge on any atom is -0.370 e. The predicted molar refractivity (Wildman–Crippen MR) is 107 cm³/mol. The van der Waals surface area contributed by atoms with Crippen LogP contribution < -0.4 is 16.4 Å². The van der Waals surface area contributed by atoms with Gasteiger partial charge in [0.25, 0.3) is 5.91 Å². The van der Waals surface area contributed by atoms with Gasteiger partial charge in [-0.25, -0.2) is 0 Å². The van der Waals surface area contributed by atoms with Gasteiger partial charge in [-0.05, 0) is 29.7 Å². The summed E-state index contributed by atoms with van der Waals surface area (Å²) in [6, 6.07) is 9.65. The van der Waals surface area contributed by atoms with Crippen molar-refractivity contribution in [3.05, 3.63) is 47.8 Å². The van der Waals surface area contributed by atoms with Gasteiger partial charge in [0.05, 0.1) is 6.54 Å². The minimum atomic E-state index is -0.214. The highest BCUT2D eigenvalue weighted by Crippen LogP contribution is 2.18. The number of hydrogen-bond donors (Lipinski definition) is 4. The number of nitrogens with two attached hydrogens (primary N) is 1. The number of carbonyl (C=O) groups excluding carboxylic acids is 1. The Bertz CT molecular complexity index is 669. The molecule has 0 unspecified atom stereocenters. The molecule has 2 aromatic rings. The number of amides is 1. The Balaban J connectivity index is 0.00000288. The van der Waals surface area contributed by atoms with Gasteiger partial charge in [-0.15, -0.1) is 24.0 Å². The number of rotatable bonds is 6. The Kier molecular flexibility index (Phi) is 8.24. The van der Waals surface area contributed by atoms with E-state index in [-0.39, 0.29) is 29.9 Å². The molecule has 0 saturated heterocycles. The lowest BCUT2D eigenvalue weighted by Crippen LogP contribution is -2.28. The molecule has 1 aromatic carbocycles. The van der Waals surface area contributed by atoms with Gasteiger partial charge < -0.3 is 16.4 Å². The van der Waals surface area contributed by atoms with E-state index in [1.54, 1.807) is 6.07 Å². The highest BCUT2D eigenvalue weighted by atomic mass is 127. The van der Waals surface area contributed by atoms with Gasteiger partial charge in [0, 0.05) is 18.4 Å². The predicted octanol–water partition coefficient (Wildman–Crippen LogP) is 2.31. The standard InChI is InChI=1S/C16H22N6O.HI/c1-11(2)12-4-3-5-13(10-12)21-16(17)19-9-8-18-15(23)14-6-7-20-22-14;/h3-7,10-11H,8-9H2,1-2H3,(H,18,23)(H,20,22)(H3,17,19,21);1H. The van der Waals surface area contributed by atoms with Crippen LogP contribution in [0.4, 0.5) is 5.69 Å². The zero-order valence-electron chi connectivity index (χ0n) is 13.7. The summed E-state index contributed by atoms with van der Waals surface area (Å²) in [6.07, 6.45) is 1.53. The highest BCUT2D eigenvalue weighted by Gasteiger charge is 2.05. The first-order valence-electron chi connectivity index (χ1n) is 7.50. The molecule has 5 N–H and O–H groups in total. The molecule has 1 heterocycles. The van der Waals surface area contributed by atoms with E-state index in [1.807, 2.05) is 18.2 Å². The third-order valence-electron chi connectivity index (χ3n) is 3.25. The van der Waals surface area contributed by atoms with Crippen LogP contribution in [0.1, 0.15) is 35.8 Å². The summed E-state index contributed by atoms with van der Waals surface area (Å²) in [7, 11) is 0. The Hall–Kier alpha value is -2.10. The average molecular weight is 442 g/mol. The van der Waals surface area contributed by atoms with Crippen LogP contribution in [0.15, 0.2) is 41.5 Å². The number of H-pyrrole nitrogens is 1. The number of carbonyl (C=O) groups is 1. The fourth-order valence-electron chi connectivity index (χ4n) is 1.99. The van der Waals surface area contributed by atoms with Crippen molar-refractivity contribution in [2.24, 2.45) is 10.7 Å². The number of hydrogen-bond acceptors (Lipinski definition) is 3. The molecule has 24 heavy (non-hydrogen) atoms. The van der Waals surface area contributed by atoms with Gasteiger partial charge in [0.1, 0.15) is 5.69 Å². The van der Waals surface area contributed by atoms with Crippen molar-refractivity contribution < 1.29 is 4.79 Å². The minimum absolute atomic E-state index is 0.